The molecule has 4 rings (SSSR count). The molecule has 0 atom stereocenters. The number of hydrogen-bond donors (Lipinski definition) is 2. The van der Waals surface area contributed by atoms with Crippen molar-refractivity contribution in [2.75, 3.05) is 0 Å². The number of hydrogen-bond acceptors (Lipinski definition) is 4. The Balaban J connectivity index is 1.48. The van der Waals surface area contributed by atoms with Crippen molar-refractivity contribution in [3.05, 3.63) is 64.7 Å². The lowest BCUT2D eigenvalue weighted by Gasteiger charge is -2.29. The molecule has 0 bridgehead atoms. The van der Waals surface area contributed by atoms with Crippen LogP contribution in [0.2, 0.25) is 0 Å². The molecule has 1 saturated carbocycles. The summed E-state index contributed by atoms with van der Waals surface area (Å²) in [5.74, 6) is -0.0731. The molecular weight excluding hydrogens is 388 g/mol. The molecule has 0 amide bonds. The molecule has 0 unspecified atom stereocenters. The monoisotopic (exact) mass is 418 g/mol. The van der Waals surface area contributed by atoms with E-state index in [9.17, 15) is 19.8 Å². The number of carbonyl (C=O) groups is 2. The molecule has 0 aliphatic heterocycles. The third-order valence-electron chi connectivity index (χ3n) is 6.91. The van der Waals surface area contributed by atoms with Crippen LogP contribution in [0, 0.1) is 5.92 Å². The van der Waals surface area contributed by atoms with Gasteiger partial charge < -0.3 is 10.2 Å². The number of allylic oxidation sites excluding steroid dienone is 2. The van der Waals surface area contributed by atoms with Gasteiger partial charge in [0.15, 0.2) is 11.6 Å². The fraction of sp³-hybridized carbons (Fsp3) is 0.407. The second-order valence-corrected chi connectivity index (χ2v) is 8.94. The highest BCUT2D eigenvalue weighted by atomic mass is 16.3. The summed E-state index contributed by atoms with van der Waals surface area (Å²) in [6.45, 7) is 2.25. The molecule has 2 aliphatic rings. The molecule has 4 nitrogen and oxygen atoms in total. The van der Waals surface area contributed by atoms with Gasteiger partial charge in [-0.05, 0) is 66.9 Å². The minimum atomic E-state index is -0.469. The van der Waals surface area contributed by atoms with E-state index in [-0.39, 0.29) is 28.2 Å². The van der Waals surface area contributed by atoms with Gasteiger partial charge in [-0.2, -0.15) is 0 Å². The zero-order chi connectivity index (χ0) is 22.0. The Morgan fingerprint density at radius 2 is 1.48 bits per heavy atom. The Morgan fingerprint density at radius 1 is 0.839 bits per heavy atom. The molecule has 1 fully saturated rings. The zero-order valence-electron chi connectivity index (χ0n) is 18.1. The number of aromatic hydroxyl groups is 2. The van der Waals surface area contributed by atoms with Crippen molar-refractivity contribution in [1.82, 2.24) is 0 Å². The quantitative estimate of drug-likeness (QED) is 0.420. The number of ketones is 2. The normalized spacial score (nSPS) is 21.0. The first-order valence-corrected chi connectivity index (χ1v) is 11.5. The summed E-state index contributed by atoms with van der Waals surface area (Å²) >= 11 is 0. The van der Waals surface area contributed by atoms with Gasteiger partial charge in [0.05, 0.1) is 11.1 Å². The van der Waals surface area contributed by atoms with E-state index in [0.717, 1.165) is 5.92 Å². The van der Waals surface area contributed by atoms with Gasteiger partial charge in [0.25, 0.3) is 0 Å². The largest absolute Gasteiger partial charge is 0.507 e. The van der Waals surface area contributed by atoms with Crippen molar-refractivity contribution in [3.8, 4) is 11.5 Å². The van der Waals surface area contributed by atoms with Crippen LogP contribution in [-0.2, 0) is 0 Å². The Bertz CT molecular complexity index is 1010. The summed E-state index contributed by atoms with van der Waals surface area (Å²) in [5, 5.41) is 20.1. The molecule has 2 N–H and O–H groups in total. The number of rotatable bonds is 6. The van der Waals surface area contributed by atoms with Gasteiger partial charge in [-0.1, -0.05) is 56.9 Å². The van der Waals surface area contributed by atoms with Crippen LogP contribution in [0.1, 0.15) is 96.1 Å². The lowest BCUT2D eigenvalue weighted by atomic mass is 9.76. The third-order valence-corrected chi connectivity index (χ3v) is 6.91. The first kappa shape index (κ1) is 21.4. The highest BCUT2D eigenvalue weighted by Crippen LogP contribution is 2.40. The van der Waals surface area contributed by atoms with Gasteiger partial charge in [-0.25, -0.2) is 0 Å². The van der Waals surface area contributed by atoms with Crippen molar-refractivity contribution in [2.45, 2.75) is 64.2 Å². The highest BCUT2D eigenvalue weighted by molar-refractivity contribution is 6.39. The van der Waals surface area contributed by atoms with Gasteiger partial charge in [0.1, 0.15) is 11.5 Å². The summed E-state index contributed by atoms with van der Waals surface area (Å²) in [4.78, 5) is 25.5. The second-order valence-electron chi connectivity index (χ2n) is 8.94. The van der Waals surface area contributed by atoms with Crippen molar-refractivity contribution in [2.24, 2.45) is 5.92 Å². The number of benzene rings is 2. The molecule has 0 heterocycles. The van der Waals surface area contributed by atoms with E-state index in [2.05, 4.69) is 19.1 Å². The molecular formula is C27H30O4. The fourth-order valence-electron chi connectivity index (χ4n) is 5.08. The SMILES string of the molecule is CCCCCC1CCC(c2ccc(C3=CC(=O)c4c(O)ccc(O)c4C3=O)cc2)CC1. The number of carbonyl (C=O) groups excluding carboxylic acids is 2. The summed E-state index contributed by atoms with van der Waals surface area (Å²) in [5.41, 5.74) is 1.95. The van der Waals surface area contributed by atoms with Crippen molar-refractivity contribution in [3.63, 3.8) is 0 Å². The molecule has 2 aromatic rings. The van der Waals surface area contributed by atoms with E-state index in [1.54, 1.807) is 0 Å². The van der Waals surface area contributed by atoms with Crippen LogP contribution >= 0.6 is 0 Å². The maximum atomic E-state index is 13.0. The van der Waals surface area contributed by atoms with Gasteiger partial charge in [0, 0.05) is 5.57 Å². The van der Waals surface area contributed by atoms with Crippen LogP contribution in [0.3, 0.4) is 0 Å². The van der Waals surface area contributed by atoms with E-state index in [1.165, 1.54) is 75.1 Å². The third kappa shape index (κ3) is 4.30. The Kier molecular flexibility index (Phi) is 6.26. The Hall–Kier alpha value is -2.88. The number of phenols is 2. The number of fused-ring (bicyclic) bond motifs is 1. The van der Waals surface area contributed by atoms with E-state index in [0.29, 0.717) is 11.5 Å². The van der Waals surface area contributed by atoms with Crippen molar-refractivity contribution in [1.29, 1.82) is 0 Å². The first-order chi connectivity index (χ1) is 15.0. The van der Waals surface area contributed by atoms with E-state index in [4.69, 9.17) is 0 Å². The topological polar surface area (TPSA) is 74.6 Å². The molecule has 2 aliphatic carbocycles. The van der Waals surface area contributed by atoms with Crippen molar-refractivity contribution >= 4 is 17.1 Å². The summed E-state index contributed by atoms with van der Waals surface area (Å²) < 4.78 is 0. The lowest BCUT2D eigenvalue weighted by molar-refractivity contribution is 0.0996. The zero-order valence-corrected chi connectivity index (χ0v) is 18.1. The average molecular weight is 419 g/mol. The minimum absolute atomic E-state index is 0.118. The number of phenolic OH excluding ortho intramolecular Hbond substituents is 2. The predicted molar refractivity (Wildman–Crippen MR) is 122 cm³/mol. The molecule has 0 aromatic heterocycles. The second kappa shape index (κ2) is 9.09. The molecule has 0 radical (unpaired) electrons. The molecule has 0 saturated heterocycles. The van der Waals surface area contributed by atoms with Gasteiger partial charge >= 0.3 is 0 Å². The van der Waals surface area contributed by atoms with Gasteiger partial charge in [-0.15, -0.1) is 0 Å². The lowest BCUT2D eigenvalue weighted by Crippen LogP contribution is -2.17. The standard InChI is InChI=1S/C27H30O4/c1-2-3-4-5-17-6-8-18(9-7-17)19-10-12-20(13-11-19)21-16-24(30)25-22(28)14-15-23(29)26(25)27(21)31/h10-18,28-29H,2-9H2,1H3. The van der Waals surface area contributed by atoms with E-state index in [1.807, 2.05) is 12.1 Å². The maximum absolute atomic E-state index is 13.0. The highest BCUT2D eigenvalue weighted by Gasteiger charge is 2.31. The van der Waals surface area contributed by atoms with Crippen LogP contribution in [0.4, 0.5) is 0 Å². The molecule has 162 valence electrons. The summed E-state index contributed by atoms with van der Waals surface area (Å²) in [6, 6.07) is 10.4. The Labute approximate surface area is 183 Å². The van der Waals surface area contributed by atoms with Crippen LogP contribution < -0.4 is 0 Å². The van der Waals surface area contributed by atoms with Crippen LogP contribution in [0.25, 0.3) is 5.57 Å². The molecule has 4 heteroatoms. The van der Waals surface area contributed by atoms with Crippen LogP contribution in [0.5, 0.6) is 11.5 Å². The average Bonchev–Trinajstić information content (AvgIpc) is 2.78. The smallest absolute Gasteiger partial charge is 0.198 e. The van der Waals surface area contributed by atoms with E-state index < -0.39 is 11.6 Å². The first-order valence-electron chi connectivity index (χ1n) is 11.5. The minimum Gasteiger partial charge on any atom is -0.507 e. The number of Topliss-reactive ketones (excluding diaryl/α,β-unsaturated/α-hetero) is 1. The maximum Gasteiger partial charge on any atom is 0.198 e. The van der Waals surface area contributed by atoms with Crippen LogP contribution in [0.15, 0.2) is 42.5 Å². The summed E-state index contributed by atoms with van der Waals surface area (Å²) in [6.07, 6.45) is 11.6. The van der Waals surface area contributed by atoms with Gasteiger partial charge in [0.2, 0.25) is 0 Å². The molecule has 2 aromatic carbocycles. The Morgan fingerprint density at radius 3 is 2.13 bits per heavy atom. The summed E-state index contributed by atoms with van der Waals surface area (Å²) in [7, 11) is 0. The van der Waals surface area contributed by atoms with E-state index >= 15 is 0 Å². The molecule has 0 spiro atoms. The van der Waals surface area contributed by atoms with Crippen molar-refractivity contribution < 1.29 is 19.8 Å². The number of unbranched alkanes of at least 4 members (excludes halogenated alkanes) is 2. The molecule has 31 heavy (non-hydrogen) atoms. The van der Waals surface area contributed by atoms with Crippen LogP contribution in [-0.4, -0.2) is 21.8 Å². The predicted octanol–water partition coefficient (Wildman–Crippen LogP) is 6.41. The fourth-order valence-corrected chi connectivity index (χ4v) is 5.08. The van der Waals surface area contributed by atoms with Gasteiger partial charge in [-0.3, -0.25) is 9.59 Å².